The zero-order chi connectivity index (χ0) is 15.9. The van der Waals surface area contributed by atoms with Gasteiger partial charge >= 0.3 is 0 Å². The molecule has 130 valence electrons. The lowest BCUT2D eigenvalue weighted by atomic mass is 9.98. The van der Waals surface area contributed by atoms with Gasteiger partial charge in [-0.25, -0.2) is 0 Å². The number of hydrogen-bond donors (Lipinski definition) is 0. The summed E-state index contributed by atoms with van der Waals surface area (Å²) in [5.74, 6) is 1.48. The Bertz CT molecular complexity index is 501. The van der Waals surface area contributed by atoms with Gasteiger partial charge in [-0.15, -0.1) is 12.4 Å². The molecule has 4 nitrogen and oxygen atoms in total. The molecule has 1 heterocycles. The van der Waals surface area contributed by atoms with Crippen molar-refractivity contribution in [1.82, 2.24) is 4.90 Å². The highest BCUT2D eigenvalue weighted by atomic mass is 35.5. The van der Waals surface area contributed by atoms with Crippen molar-refractivity contribution in [3.63, 3.8) is 0 Å². The normalized spacial score (nSPS) is 15.8. The van der Waals surface area contributed by atoms with Gasteiger partial charge in [-0.05, 0) is 50.6 Å². The quantitative estimate of drug-likeness (QED) is 0.671. The number of likely N-dealkylation sites (tertiary alicyclic amines) is 1. The molecule has 0 saturated carbocycles. The fraction of sp³-hybridized carbons (Fsp3) is 0.611. The standard InChI is InChI=1S/C18H27NO3.ClH/c1-4-5-8-15(19-11-6-7-12-19)18(20)14-9-10-16(21-2)17(13-14)22-3;/h9-10,13,15H,4-8,11-12H2,1-3H3;1H. The number of rotatable bonds is 8. The van der Waals surface area contributed by atoms with Gasteiger partial charge in [0.05, 0.1) is 20.3 Å². The maximum Gasteiger partial charge on any atom is 0.180 e. The average molecular weight is 342 g/mol. The lowest BCUT2D eigenvalue weighted by Crippen LogP contribution is -2.39. The molecule has 1 saturated heterocycles. The average Bonchev–Trinajstić information content (AvgIpc) is 3.08. The highest BCUT2D eigenvalue weighted by Gasteiger charge is 2.28. The van der Waals surface area contributed by atoms with Crippen molar-refractivity contribution in [1.29, 1.82) is 0 Å². The first-order valence-electron chi connectivity index (χ1n) is 8.21. The van der Waals surface area contributed by atoms with Crippen LogP contribution >= 0.6 is 12.4 Å². The van der Waals surface area contributed by atoms with E-state index in [1.54, 1.807) is 20.3 Å². The third-order valence-corrected chi connectivity index (χ3v) is 4.38. The van der Waals surface area contributed by atoms with E-state index in [0.717, 1.165) is 32.4 Å². The lowest BCUT2D eigenvalue weighted by Gasteiger charge is -2.26. The Hall–Kier alpha value is -1.26. The first-order chi connectivity index (χ1) is 10.7. The minimum Gasteiger partial charge on any atom is -0.493 e. The Kier molecular flexibility index (Phi) is 8.42. The summed E-state index contributed by atoms with van der Waals surface area (Å²) in [6, 6.07) is 5.46. The maximum atomic E-state index is 13.0. The molecule has 5 heteroatoms. The van der Waals surface area contributed by atoms with E-state index in [2.05, 4.69) is 11.8 Å². The zero-order valence-electron chi connectivity index (χ0n) is 14.3. The number of Topliss-reactive ketones (excluding diaryl/α,β-unsaturated/α-hetero) is 1. The fourth-order valence-electron chi connectivity index (χ4n) is 3.11. The molecule has 0 aromatic heterocycles. The first-order valence-corrected chi connectivity index (χ1v) is 8.21. The Morgan fingerprint density at radius 3 is 2.39 bits per heavy atom. The van der Waals surface area contributed by atoms with Crippen LogP contribution in [-0.2, 0) is 0 Å². The molecule has 1 unspecified atom stereocenters. The van der Waals surface area contributed by atoms with Gasteiger partial charge in [-0.2, -0.15) is 0 Å². The van der Waals surface area contributed by atoms with Crippen LogP contribution in [-0.4, -0.2) is 44.0 Å². The number of carbonyl (C=O) groups is 1. The number of nitrogens with zero attached hydrogens (tertiary/aromatic N) is 1. The van der Waals surface area contributed by atoms with Crippen LogP contribution in [0.1, 0.15) is 49.4 Å². The second-order valence-electron chi connectivity index (χ2n) is 5.84. The Morgan fingerprint density at radius 1 is 1.17 bits per heavy atom. The molecule has 0 N–H and O–H groups in total. The highest BCUT2D eigenvalue weighted by Crippen LogP contribution is 2.29. The molecule has 1 aliphatic heterocycles. The van der Waals surface area contributed by atoms with Crippen molar-refractivity contribution in [2.45, 2.75) is 45.1 Å². The molecule has 1 atom stereocenters. The number of halogens is 1. The van der Waals surface area contributed by atoms with Crippen molar-refractivity contribution in [2.75, 3.05) is 27.3 Å². The predicted molar refractivity (Wildman–Crippen MR) is 95.2 cm³/mol. The Labute approximate surface area is 145 Å². The molecule has 2 rings (SSSR count). The smallest absolute Gasteiger partial charge is 0.180 e. The largest absolute Gasteiger partial charge is 0.493 e. The molecule has 0 aliphatic carbocycles. The summed E-state index contributed by atoms with van der Waals surface area (Å²) in [5.41, 5.74) is 0.714. The number of carbonyl (C=O) groups excluding carboxylic acids is 1. The van der Waals surface area contributed by atoms with Crippen LogP contribution in [0.15, 0.2) is 18.2 Å². The van der Waals surface area contributed by atoms with Crippen molar-refractivity contribution >= 4 is 18.2 Å². The monoisotopic (exact) mass is 341 g/mol. The van der Waals surface area contributed by atoms with Gasteiger partial charge in [0.25, 0.3) is 0 Å². The molecule has 1 aromatic rings. The van der Waals surface area contributed by atoms with Crippen molar-refractivity contribution in [3.8, 4) is 11.5 Å². The van der Waals surface area contributed by atoms with E-state index in [9.17, 15) is 4.79 Å². The van der Waals surface area contributed by atoms with E-state index < -0.39 is 0 Å². The summed E-state index contributed by atoms with van der Waals surface area (Å²) >= 11 is 0. The molecular formula is C18H28ClNO3. The summed E-state index contributed by atoms with van der Waals surface area (Å²) in [6.45, 7) is 4.24. The fourth-order valence-corrected chi connectivity index (χ4v) is 3.11. The van der Waals surface area contributed by atoms with Gasteiger partial charge in [0.1, 0.15) is 0 Å². The van der Waals surface area contributed by atoms with Crippen LogP contribution < -0.4 is 9.47 Å². The number of unbranched alkanes of at least 4 members (excludes halogenated alkanes) is 1. The summed E-state index contributed by atoms with van der Waals surface area (Å²) in [5, 5.41) is 0. The second kappa shape index (κ2) is 9.78. The van der Waals surface area contributed by atoms with Crippen LogP contribution in [0.4, 0.5) is 0 Å². The summed E-state index contributed by atoms with van der Waals surface area (Å²) in [4.78, 5) is 15.3. The van der Waals surface area contributed by atoms with E-state index in [-0.39, 0.29) is 24.2 Å². The molecule has 1 aromatic carbocycles. The van der Waals surface area contributed by atoms with Crippen molar-refractivity contribution in [3.05, 3.63) is 23.8 Å². The number of ether oxygens (including phenoxy) is 2. The van der Waals surface area contributed by atoms with Crippen LogP contribution in [0.25, 0.3) is 0 Å². The van der Waals surface area contributed by atoms with Gasteiger partial charge in [0.2, 0.25) is 0 Å². The van der Waals surface area contributed by atoms with Gasteiger partial charge in [-0.3, -0.25) is 9.69 Å². The van der Waals surface area contributed by atoms with Gasteiger partial charge in [-0.1, -0.05) is 19.8 Å². The number of methoxy groups -OCH3 is 2. The molecule has 1 aliphatic rings. The van der Waals surface area contributed by atoms with Crippen molar-refractivity contribution in [2.24, 2.45) is 0 Å². The first kappa shape index (κ1) is 19.8. The van der Waals surface area contributed by atoms with E-state index in [1.165, 1.54) is 12.8 Å². The molecule has 0 radical (unpaired) electrons. The summed E-state index contributed by atoms with van der Waals surface area (Å²) in [7, 11) is 3.20. The highest BCUT2D eigenvalue weighted by molar-refractivity contribution is 6.00. The molecule has 23 heavy (non-hydrogen) atoms. The topological polar surface area (TPSA) is 38.8 Å². The Balaban J connectivity index is 0.00000264. The molecule has 0 amide bonds. The van der Waals surface area contributed by atoms with E-state index in [0.29, 0.717) is 17.1 Å². The molecule has 0 bridgehead atoms. The van der Waals surface area contributed by atoms with Crippen LogP contribution in [0.2, 0.25) is 0 Å². The SMILES string of the molecule is CCCCC(C(=O)c1ccc(OC)c(OC)c1)N1CCCC1.Cl. The molecule has 1 fully saturated rings. The summed E-state index contributed by atoms with van der Waals surface area (Å²) in [6.07, 6.45) is 5.52. The van der Waals surface area contributed by atoms with Gasteiger partial charge < -0.3 is 9.47 Å². The van der Waals surface area contributed by atoms with Gasteiger partial charge in [0, 0.05) is 5.56 Å². The minimum atomic E-state index is 0. The summed E-state index contributed by atoms with van der Waals surface area (Å²) < 4.78 is 10.6. The maximum absolute atomic E-state index is 13.0. The van der Waals surface area contributed by atoms with Crippen LogP contribution in [0.5, 0.6) is 11.5 Å². The van der Waals surface area contributed by atoms with E-state index in [1.807, 2.05) is 12.1 Å². The van der Waals surface area contributed by atoms with E-state index >= 15 is 0 Å². The molecular weight excluding hydrogens is 314 g/mol. The van der Waals surface area contributed by atoms with Crippen LogP contribution in [0.3, 0.4) is 0 Å². The predicted octanol–water partition coefficient (Wildman–Crippen LogP) is 3.96. The third-order valence-electron chi connectivity index (χ3n) is 4.38. The van der Waals surface area contributed by atoms with Gasteiger partial charge in [0.15, 0.2) is 17.3 Å². The van der Waals surface area contributed by atoms with E-state index in [4.69, 9.17) is 9.47 Å². The van der Waals surface area contributed by atoms with Crippen LogP contribution in [0, 0.1) is 0 Å². The minimum absolute atomic E-state index is 0. The Morgan fingerprint density at radius 2 is 1.83 bits per heavy atom. The number of benzene rings is 1. The second-order valence-corrected chi connectivity index (χ2v) is 5.84. The number of hydrogen-bond acceptors (Lipinski definition) is 4. The zero-order valence-corrected chi connectivity index (χ0v) is 15.2. The lowest BCUT2D eigenvalue weighted by molar-refractivity contribution is 0.0835. The van der Waals surface area contributed by atoms with Crippen molar-refractivity contribution < 1.29 is 14.3 Å². The third kappa shape index (κ3) is 4.85. The number of ketones is 1. The molecule has 0 spiro atoms.